The van der Waals surface area contributed by atoms with Gasteiger partial charge >= 0.3 is 5.97 Å². The van der Waals surface area contributed by atoms with E-state index in [1.165, 1.54) is 5.06 Å². The van der Waals surface area contributed by atoms with Crippen molar-refractivity contribution in [1.29, 1.82) is 0 Å². The fourth-order valence-electron chi connectivity index (χ4n) is 2.21. The van der Waals surface area contributed by atoms with Gasteiger partial charge in [-0.05, 0) is 24.1 Å². The van der Waals surface area contributed by atoms with Crippen molar-refractivity contribution >= 4 is 18.0 Å². The molecule has 0 aliphatic carbocycles. The fraction of sp³-hybridized carbons (Fsp3) is 0.238. The van der Waals surface area contributed by atoms with Crippen LogP contribution in [0.2, 0.25) is 0 Å². The maximum atomic E-state index is 12.4. The first-order valence-electron chi connectivity index (χ1n) is 8.50. The highest BCUT2D eigenvalue weighted by atomic mass is 16.7. The van der Waals surface area contributed by atoms with E-state index >= 15 is 0 Å². The maximum Gasteiger partial charge on any atom is 0.363 e. The molecule has 0 aliphatic heterocycles. The number of nitrogens with zero attached hydrogens (tertiary/aromatic N) is 1. The molecular weight excluding hydrogens is 314 g/mol. The largest absolute Gasteiger partial charge is 0.363 e. The van der Waals surface area contributed by atoms with Crippen molar-refractivity contribution in [3.8, 4) is 0 Å². The zero-order chi connectivity index (χ0) is 17.9. The number of carbonyl (C=O) groups excluding carboxylic acids is 2. The number of hydroxylamine groups is 2. The highest BCUT2D eigenvalue weighted by Gasteiger charge is 2.18. The minimum atomic E-state index is -0.517. The normalized spacial score (nSPS) is 10.6. The molecule has 2 aromatic carbocycles. The molecule has 4 heteroatoms. The zero-order valence-electron chi connectivity index (χ0n) is 14.4. The fourth-order valence-corrected chi connectivity index (χ4v) is 2.21. The predicted molar refractivity (Wildman–Crippen MR) is 98.6 cm³/mol. The zero-order valence-corrected chi connectivity index (χ0v) is 14.4. The van der Waals surface area contributed by atoms with Gasteiger partial charge in [0, 0.05) is 6.42 Å². The van der Waals surface area contributed by atoms with Crippen molar-refractivity contribution in [3.63, 3.8) is 0 Å². The van der Waals surface area contributed by atoms with Crippen molar-refractivity contribution in [1.82, 2.24) is 5.06 Å². The summed E-state index contributed by atoms with van der Waals surface area (Å²) in [6.45, 7) is 2.42. The van der Waals surface area contributed by atoms with Crippen molar-refractivity contribution < 1.29 is 14.4 Å². The molecule has 0 fully saturated rings. The van der Waals surface area contributed by atoms with Crippen LogP contribution in [0.1, 0.15) is 42.1 Å². The van der Waals surface area contributed by atoms with Crippen LogP contribution in [-0.4, -0.2) is 23.5 Å². The molecule has 25 heavy (non-hydrogen) atoms. The Morgan fingerprint density at radius 2 is 1.64 bits per heavy atom. The Kier molecular flexibility index (Phi) is 7.44. The summed E-state index contributed by atoms with van der Waals surface area (Å²) in [7, 11) is 0. The van der Waals surface area contributed by atoms with E-state index < -0.39 is 5.97 Å². The summed E-state index contributed by atoms with van der Waals surface area (Å²) in [4.78, 5) is 29.9. The number of benzene rings is 2. The van der Waals surface area contributed by atoms with Crippen LogP contribution >= 0.6 is 0 Å². The molecule has 2 aromatic rings. The average molecular weight is 337 g/mol. The van der Waals surface area contributed by atoms with E-state index in [0.29, 0.717) is 12.1 Å². The molecule has 0 N–H and O–H groups in total. The number of hydrogen-bond donors (Lipinski definition) is 0. The monoisotopic (exact) mass is 337 g/mol. The van der Waals surface area contributed by atoms with E-state index in [4.69, 9.17) is 4.84 Å². The molecule has 4 nitrogen and oxygen atoms in total. The Morgan fingerprint density at radius 1 is 1.00 bits per heavy atom. The molecule has 0 aromatic heterocycles. The maximum absolute atomic E-state index is 12.4. The number of carbonyl (C=O) groups is 2. The highest BCUT2D eigenvalue weighted by molar-refractivity contribution is 5.90. The van der Waals surface area contributed by atoms with Crippen LogP contribution in [0.25, 0.3) is 6.08 Å². The highest BCUT2D eigenvalue weighted by Crippen LogP contribution is 2.08. The Labute approximate surface area is 148 Å². The van der Waals surface area contributed by atoms with E-state index in [1.807, 2.05) is 49.4 Å². The first-order chi connectivity index (χ1) is 12.2. The molecule has 0 bridgehead atoms. The lowest BCUT2D eigenvalue weighted by molar-refractivity contribution is -0.166. The van der Waals surface area contributed by atoms with Gasteiger partial charge < -0.3 is 4.84 Å². The summed E-state index contributed by atoms with van der Waals surface area (Å²) in [6.07, 6.45) is 5.53. The smallest absolute Gasteiger partial charge is 0.333 e. The molecule has 1 amide bonds. The van der Waals surface area contributed by atoms with E-state index in [9.17, 15) is 9.59 Å². The molecule has 0 unspecified atom stereocenters. The molecule has 130 valence electrons. The second-order valence-electron chi connectivity index (χ2n) is 5.61. The number of hydrogen-bond acceptors (Lipinski definition) is 3. The van der Waals surface area contributed by atoms with Crippen molar-refractivity contribution in [2.24, 2.45) is 0 Å². The van der Waals surface area contributed by atoms with Gasteiger partial charge in [-0.2, -0.15) is 5.06 Å². The van der Waals surface area contributed by atoms with Gasteiger partial charge in [0.25, 0.3) is 5.91 Å². The molecule has 2 rings (SSSR count). The van der Waals surface area contributed by atoms with E-state index in [1.54, 1.807) is 30.3 Å². The van der Waals surface area contributed by atoms with E-state index in [-0.39, 0.29) is 12.3 Å². The summed E-state index contributed by atoms with van der Waals surface area (Å²) in [5, 5.41) is 1.17. The minimum Gasteiger partial charge on any atom is -0.333 e. The lowest BCUT2D eigenvalue weighted by Gasteiger charge is -2.20. The molecule has 0 saturated carbocycles. The first kappa shape index (κ1) is 18.5. The summed E-state index contributed by atoms with van der Waals surface area (Å²) in [6, 6.07) is 18.4. The van der Waals surface area contributed by atoms with Crippen LogP contribution in [0.15, 0.2) is 66.7 Å². The van der Waals surface area contributed by atoms with Crippen LogP contribution in [0.4, 0.5) is 0 Å². The predicted octanol–water partition coefficient (Wildman–Crippen LogP) is 4.49. The van der Waals surface area contributed by atoms with Crippen molar-refractivity contribution in [2.75, 3.05) is 6.54 Å². The van der Waals surface area contributed by atoms with Crippen LogP contribution in [0.5, 0.6) is 0 Å². The molecular formula is C21H23NO3. The second-order valence-corrected chi connectivity index (χ2v) is 5.61. The van der Waals surface area contributed by atoms with Gasteiger partial charge in [-0.1, -0.05) is 74.0 Å². The lowest BCUT2D eigenvalue weighted by atomic mass is 10.2. The second kappa shape index (κ2) is 10.1. The topological polar surface area (TPSA) is 46.6 Å². The molecule has 0 radical (unpaired) electrons. The third kappa shape index (κ3) is 6.26. The van der Waals surface area contributed by atoms with Crippen molar-refractivity contribution in [2.45, 2.75) is 26.2 Å². The minimum absolute atomic E-state index is 0.181. The quantitative estimate of drug-likeness (QED) is 0.699. The first-order valence-corrected chi connectivity index (χ1v) is 8.50. The number of rotatable bonds is 7. The Hall–Kier alpha value is -2.88. The Morgan fingerprint density at radius 3 is 2.28 bits per heavy atom. The molecule has 0 spiro atoms. The van der Waals surface area contributed by atoms with Gasteiger partial charge in [-0.3, -0.25) is 4.79 Å². The molecule has 0 atom stereocenters. The van der Waals surface area contributed by atoms with Crippen LogP contribution in [0.3, 0.4) is 0 Å². The van der Waals surface area contributed by atoms with Gasteiger partial charge in [0.15, 0.2) is 0 Å². The van der Waals surface area contributed by atoms with Gasteiger partial charge in [0.2, 0.25) is 0 Å². The van der Waals surface area contributed by atoms with Crippen molar-refractivity contribution in [3.05, 3.63) is 77.9 Å². The van der Waals surface area contributed by atoms with Crippen LogP contribution in [-0.2, 0) is 9.63 Å². The Balaban J connectivity index is 1.96. The summed E-state index contributed by atoms with van der Waals surface area (Å²) in [5.74, 6) is -0.748. The van der Waals surface area contributed by atoms with Gasteiger partial charge in [-0.15, -0.1) is 0 Å². The molecule has 0 heterocycles. The summed E-state index contributed by atoms with van der Waals surface area (Å²) >= 11 is 0. The summed E-state index contributed by atoms with van der Waals surface area (Å²) in [5.41, 5.74) is 1.45. The molecule has 0 aliphatic rings. The summed E-state index contributed by atoms with van der Waals surface area (Å²) < 4.78 is 0. The number of unbranched alkanes of at least 4 members (excludes halogenated alkanes) is 1. The van der Waals surface area contributed by atoms with Gasteiger partial charge in [0.1, 0.15) is 0 Å². The lowest BCUT2D eigenvalue weighted by Crippen LogP contribution is -2.34. The van der Waals surface area contributed by atoms with Gasteiger partial charge in [0.05, 0.1) is 12.1 Å². The van der Waals surface area contributed by atoms with Gasteiger partial charge in [-0.25, -0.2) is 4.79 Å². The third-order valence-corrected chi connectivity index (χ3v) is 3.60. The SMILES string of the molecule is CCCCN(OC(=O)c1ccccc1)C(=O)C/C=C/c1ccccc1. The average Bonchev–Trinajstić information content (AvgIpc) is 2.66. The third-order valence-electron chi connectivity index (χ3n) is 3.60. The van der Waals surface area contributed by atoms with Crippen LogP contribution in [0, 0.1) is 0 Å². The van der Waals surface area contributed by atoms with E-state index in [2.05, 4.69) is 0 Å². The van der Waals surface area contributed by atoms with E-state index in [0.717, 1.165) is 18.4 Å². The standard InChI is InChI=1S/C21H23NO3/c1-2-3-17-22(25-21(24)19-14-8-5-9-15-19)20(23)16-10-13-18-11-6-4-7-12-18/h4-15H,2-3,16-17H2,1H3/b13-10+. The number of amides is 1. The molecule has 0 saturated heterocycles. The Bertz CT molecular complexity index is 696. The van der Waals surface area contributed by atoms with Crippen LogP contribution < -0.4 is 0 Å².